The van der Waals surface area contributed by atoms with Crippen molar-refractivity contribution in [3.63, 3.8) is 0 Å². The number of rotatable bonds is 5. The molecule has 0 atom stereocenters. The normalized spacial score (nSPS) is 10.8. The summed E-state index contributed by atoms with van der Waals surface area (Å²) in [5.74, 6) is 2.18. The third-order valence-corrected chi connectivity index (χ3v) is 4.72. The van der Waals surface area contributed by atoms with Crippen LogP contribution in [0.25, 0.3) is 16.9 Å². The number of anilines is 2. The molecule has 0 amide bonds. The van der Waals surface area contributed by atoms with Crippen molar-refractivity contribution in [1.29, 1.82) is 0 Å². The highest BCUT2D eigenvalue weighted by Gasteiger charge is 2.16. The summed E-state index contributed by atoms with van der Waals surface area (Å²) in [5, 5.41) is 3.47. The summed E-state index contributed by atoms with van der Waals surface area (Å²) in [4.78, 5) is 8.94. The Kier molecular flexibility index (Phi) is 4.68. The second kappa shape index (κ2) is 7.28. The monoisotopic (exact) mass is 424 g/mol. The molecule has 0 aliphatic heterocycles. The van der Waals surface area contributed by atoms with Gasteiger partial charge in [0.2, 0.25) is 0 Å². The van der Waals surface area contributed by atoms with E-state index in [1.807, 2.05) is 53.1 Å². The number of hydrogen-bond acceptors (Lipinski definition) is 5. The topological polar surface area (TPSA) is 60.7 Å². The lowest BCUT2D eigenvalue weighted by Crippen LogP contribution is -1.97. The van der Waals surface area contributed by atoms with Crippen LogP contribution in [0.4, 0.5) is 11.5 Å². The zero-order valence-corrected chi connectivity index (χ0v) is 16.4. The van der Waals surface area contributed by atoms with Gasteiger partial charge in [-0.1, -0.05) is 15.9 Å². The van der Waals surface area contributed by atoms with Gasteiger partial charge in [0.1, 0.15) is 11.5 Å². The van der Waals surface area contributed by atoms with Gasteiger partial charge in [-0.2, -0.15) is 0 Å². The van der Waals surface area contributed by atoms with E-state index in [1.165, 1.54) is 0 Å². The van der Waals surface area contributed by atoms with E-state index in [0.717, 1.165) is 32.9 Å². The smallest absolute Gasteiger partial charge is 0.161 e. The lowest BCUT2D eigenvalue weighted by molar-refractivity contribution is 0.355. The molecule has 0 spiro atoms. The molecule has 27 heavy (non-hydrogen) atoms. The van der Waals surface area contributed by atoms with Gasteiger partial charge in [-0.25, -0.2) is 4.98 Å². The quantitative estimate of drug-likeness (QED) is 0.492. The average Bonchev–Trinajstić information content (AvgIpc) is 3.07. The molecule has 2 heterocycles. The fourth-order valence-electron chi connectivity index (χ4n) is 2.88. The van der Waals surface area contributed by atoms with Crippen molar-refractivity contribution in [2.24, 2.45) is 0 Å². The number of imidazole rings is 1. The molecular weight excluding hydrogens is 408 g/mol. The zero-order chi connectivity index (χ0) is 18.8. The molecule has 4 aromatic rings. The van der Waals surface area contributed by atoms with Gasteiger partial charge in [-0.3, -0.25) is 9.38 Å². The maximum Gasteiger partial charge on any atom is 0.161 e. The van der Waals surface area contributed by atoms with Crippen LogP contribution in [0.5, 0.6) is 11.5 Å². The number of nitrogens with one attached hydrogen (secondary N) is 1. The maximum atomic E-state index is 5.45. The van der Waals surface area contributed by atoms with E-state index in [2.05, 4.69) is 26.2 Å². The van der Waals surface area contributed by atoms with Crippen LogP contribution in [0.15, 0.2) is 65.5 Å². The van der Waals surface area contributed by atoms with E-state index in [4.69, 9.17) is 14.5 Å². The van der Waals surface area contributed by atoms with Crippen LogP contribution < -0.4 is 14.8 Å². The molecule has 6 nitrogen and oxygen atoms in total. The minimum atomic E-state index is 0.653. The molecule has 0 unspecified atom stereocenters. The van der Waals surface area contributed by atoms with Crippen molar-refractivity contribution in [3.05, 3.63) is 65.5 Å². The lowest BCUT2D eigenvalue weighted by Gasteiger charge is -2.11. The number of methoxy groups -OCH3 is 2. The molecule has 1 N–H and O–H groups in total. The molecule has 4 rings (SSSR count). The van der Waals surface area contributed by atoms with Gasteiger partial charge < -0.3 is 14.8 Å². The van der Waals surface area contributed by atoms with Gasteiger partial charge in [0.25, 0.3) is 0 Å². The van der Waals surface area contributed by atoms with Crippen LogP contribution in [-0.2, 0) is 0 Å². The van der Waals surface area contributed by atoms with Gasteiger partial charge in [-0.15, -0.1) is 0 Å². The summed E-state index contributed by atoms with van der Waals surface area (Å²) in [6.07, 6.45) is 5.35. The number of benzene rings is 2. The van der Waals surface area contributed by atoms with Crippen LogP contribution in [0.2, 0.25) is 0 Å². The molecule has 2 aromatic carbocycles. The Hall–Kier alpha value is -3.06. The van der Waals surface area contributed by atoms with Crippen LogP contribution >= 0.6 is 15.9 Å². The Labute approximate surface area is 164 Å². The highest BCUT2D eigenvalue weighted by atomic mass is 79.9. The summed E-state index contributed by atoms with van der Waals surface area (Å²) >= 11 is 3.46. The Morgan fingerprint density at radius 2 is 1.78 bits per heavy atom. The van der Waals surface area contributed by atoms with E-state index < -0.39 is 0 Å². The third-order valence-electron chi connectivity index (χ3n) is 4.19. The maximum absolute atomic E-state index is 5.45. The number of halogens is 1. The molecular formula is C20H17BrN4O2. The molecule has 7 heteroatoms. The van der Waals surface area contributed by atoms with Gasteiger partial charge in [0, 0.05) is 28.1 Å². The van der Waals surface area contributed by atoms with Gasteiger partial charge in [-0.05, 0) is 42.5 Å². The van der Waals surface area contributed by atoms with Crippen molar-refractivity contribution < 1.29 is 9.47 Å². The highest BCUT2D eigenvalue weighted by molar-refractivity contribution is 9.10. The number of nitrogens with zero attached hydrogens (tertiary/aromatic N) is 3. The van der Waals surface area contributed by atoms with Crippen molar-refractivity contribution in [2.45, 2.75) is 0 Å². The van der Waals surface area contributed by atoms with Crippen LogP contribution in [-0.4, -0.2) is 28.6 Å². The van der Waals surface area contributed by atoms with E-state index >= 15 is 0 Å². The van der Waals surface area contributed by atoms with Crippen LogP contribution in [0, 0.1) is 0 Å². The molecule has 0 radical (unpaired) electrons. The first-order valence-electron chi connectivity index (χ1n) is 8.26. The molecule has 2 aromatic heterocycles. The van der Waals surface area contributed by atoms with Crippen LogP contribution in [0.3, 0.4) is 0 Å². The Balaban J connectivity index is 1.86. The largest absolute Gasteiger partial charge is 0.493 e. The Bertz CT molecular complexity index is 1090. The predicted octanol–water partition coefficient (Wildman–Crippen LogP) is 4.92. The summed E-state index contributed by atoms with van der Waals surface area (Å²) in [7, 11) is 3.24. The molecule has 0 saturated carbocycles. The molecule has 0 bridgehead atoms. The minimum absolute atomic E-state index is 0.653. The molecule has 136 valence electrons. The van der Waals surface area contributed by atoms with Crippen molar-refractivity contribution >= 4 is 33.1 Å². The summed E-state index contributed by atoms with van der Waals surface area (Å²) in [6, 6.07) is 13.7. The molecule has 0 fully saturated rings. The predicted molar refractivity (Wildman–Crippen MR) is 109 cm³/mol. The van der Waals surface area contributed by atoms with Gasteiger partial charge in [0.15, 0.2) is 17.1 Å². The lowest BCUT2D eigenvalue weighted by atomic mass is 10.1. The number of aromatic nitrogens is 3. The SMILES string of the molecule is COc1ccc(-c2nc3cnccn3c2Nc2ccc(Br)cc2)cc1OC. The Morgan fingerprint density at radius 3 is 2.52 bits per heavy atom. The van der Waals surface area contributed by atoms with Crippen molar-refractivity contribution in [3.8, 4) is 22.8 Å². The fourth-order valence-corrected chi connectivity index (χ4v) is 3.15. The summed E-state index contributed by atoms with van der Waals surface area (Å²) < 4.78 is 13.8. The van der Waals surface area contributed by atoms with Crippen LogP contribution in [0.1, 0.15) is 0 Å². The molecule has 0 aliphatic rings. The van der Waals surface area contributed by atoms with Crippen molar-refractivity contribution in [2.75, 3.05) is 19.5 Å². The minimum Gasteiger partial charge on any atom is -0.493 e. The highest BCUT2D eigenvalue weighted by Crippen LogP contribution is 2.36. The third kappa shape index (κ3) is 3.33. The van der Waals surface area contributed by atoms with Gasteiger partial charge >= 0.3 is 0 Å². The second-order valence-electron chi connectivity index (χ2n) is 5.82. The second-order valence-corrected chi connectivity index (χ2v) is 6.73. The molecule has 0 saturated heterocycles. The number of ether oxygens (including phenoxy) is 2. The first-order chi connectivity index (χ1) is 13.2. The Morgan fingerprint density at radius 1 is 1.00 bits per heavy atom. The average molecular weight is 425 g/mol. The zero-order valence-electron chi connectivity index (χ0n) is 14.8. The number of fused-ring (bicyclic) bond motifs is 1. The van der Waals surface area contributed by atoms with E-state index in [-0.39, 0.29) is 0 Å². The first-order valence-corrected chi connectivity index (χ1v) is 9.06. The standard InChI is InChI=1S/C20H17BrN4O2/c1-26-16-8-3-13(11-17(16)27-2)19-20(23-15-6-4-14(21)5-7-15)25-10-9-22-12-18(25)24-19/h3-12,23H,1-2H3. The number of hydrogen-bond donors (Lipinski definition) is 1. The summed E-state index contributed by atoms with van der Waals surface area (Å²) in [6.45, 7) is 0. The molecule has 0 aliphatic carbocycles. The van der Waals surface area contributed by atoms with E-state index in [0.29, 0.717) is 11.5 Å². The van der Waals surface area contributed by atoms with Crippen molar-refractivity contribution in [1.82, 2.24) is 14.4 Å². The van der Waals surface area contributed by atoms with Gasteiger partial charge in [0.05, 0.1) is 20.4 Å². The first kappa shape index (κ1) is 17.4. The van der Waals surface area contributed by atoms with E-state index in [1.54, 1.807) is 26.6 Å². The fraction of sp³-hybridized carbons (Fsp3) is 0.100. The van der Waals surface area contributed by atoms with E-state index in [9.17, 15) is 0 Å². The summed E-state index contributed by atoms with van der Waals surface area (Å²) in [5.41, 5.74) is 3.42.